The Morgan fingerprint density at radius 2 is 1.68 bits per heavy atom. The molecule has 1 aromatic rings. The minimum atomic E-state index is -1.42. The lowest BCUT2D eigenvalue weighted by molar-refractivity contribution is -0.0983. The third-order valence-electron chi connectivity index (χ3n) is 3.57. The van der Waals surface area contributed by atoms with Gasteiger partial charge >= 0.3 is 7.12 Å². The zero-order valence-electron chi connectivity index (χ0n) is 12.4. The van der Waals surface area contributed by atoms with Crippen molar-refractivity contribution in [1.82, 2.24) is 0 Å². The van der Waals surface area contributed by atoms with E-state index in [2.05, 4.69) is 0 Å². The minimum absolute atomic E-state index is 0.0924. The highest BCUT2D eigenvalue weighted by molar-refractivity contribution is 6.60. The molecule has 0 aliphatic rings. The van der Waals surface area contributed by atoms with Crippen LogP contribution in [0.15, 0.2) is 12.1 Å². The molecule has 0 aliphatic heterocycles. The second-order valence-electron chi connectivity index (χ2n) is 6.02. The Kier molecular flexibility index (Phi) is 4.45. The van der Waals surface area contributed by atoms with Crippen LogP contribution in [0.3, 0.4) is 0 Å². The average Bonchev–Trinajstić information content (AvgIpc) is 2.20. The zero-order valence-corrected chi connectivity index (χ0v) is 12.4. The van der Waals surface area contributed by atoms with E-state index in [-0.39, 0.29) is 5.46 Å². The predicted octanol–water partition coefficient (Wildman–Crippen LogP) is 1.70. The Morgan fingerprint density at radius 3 is 2.16 bits per heavy atom. The van der Waals surface area contributed by atoms with Crippen LogP contribution >= 0.6 is 0 Å². The summed E-state index contributed by atoms with van der Waals surface area (Å²) in [6.07, 6.45) is 0. The molecule has 0 amide bonds. The molecule has 0 aliphatic carbocycles. The summed E-state index contributed by atoms with van der Waals surface area (Å²) in [4.78, 5) is 0. The highest BCUT2D eigenvalue weighted by Crippen LogP contribution is 2.25. The van der Waals surface area contributed by atoms with Gasteiger partial charge in [-0.25, -0.2) is 4.39 Å². The molecule has 1 rings (SSSR count). The molecule has 0 aromatic heterocycles. The molecule has 106 valence electrons. The maximum absolute atomic E-state index is 14.0. The van der Waals surface area contributed by atoms with E-state index in [1.165, 1.54) is 0 Å². The predicted molar refractivity (Wildman–Crippen MR) is 74.9 cm³/mol. The van der Waals surface area contributed by atoms with Gasteiger partial charge < -0.3 is 14.8 Å². The van der Waals surface area contributed by atoms with Crippen LogP contribution in [0.4, 0.5) is 4.39 Å². The van der Waals surface area contributed by atoms with E-state index in [0.717, 1.165) is 5.56 Å². The standard InChI is InChI=1S/C14H22BFO3/c1-9-7-10(2)12(16)11(8-9)15(18)19-14(5,6)13(3,4)17/h7-8,17-18H,1-6H3. The van der Waals surface area contributed by atoms with Crippen LogP contribution in [0.25, 0.3) is 0 Å². The second kappa shape index (κ2) is 5.23. The summed E-state index contributed by atoms with van der Waals surface area (Å²) in [7, 11) is -1.42. The Hall–Kier alpha value is -0.905. The fraction of sp³-hybridized carbons (Fsp3) is 0.571. The molecule has 5 heteroatoms. The van der Waals surface area contributed by atoms with Crippen molar-refractivity contribution in [2.24, 2.45) is 0 Å². The van der Waals surface area contributed by atoms with Crippen molar-refractivity contribution in [3.05, 3.63) is 29.1 Å². The summed E-state index contributed by atoms with van der Waals surface area (Å²) in [6, 6.07) is 3.25. The summed E-state index contributed by atoms with van der Waals surface area (Å²) in [5.41, 5.74) is -0.786. The first kappa shape index (κ1) is 16.2. The van der Waals surface area contributed by atoms with E-state index in [1.54, 1.807) is 46.8 Å². The third-order valence-corrected chi connectivity index (χ3v) is 3.57. The van der Waals surface area contributed by atoms with Crippen molar-refractivity contribution in [2.45, 2.75) is 52.7 Å². The SMILES string of the molecule is Cc1cc(C)c(F)c(B(O)OC(C)(C)C(C)(C)O)c1. The van der Waals surface area contributed by atoms with Gasteiger partial charge in [0.15, 0.2) is 0 Å². The smallest absolute Gasteiger partial charge is 0.423 e. The van der Waals surface area contributed by atoms with Crippen LogP contribution in [0.1, 0.15) is 38.8 Å². The Labute approximate surface area is 114 Å². The molecule has 1 aromatic carbocycles. The van der Waals surface area contributed by atoms with Crippen LogP contribution in [0.5, 0.6) is 0 Å². The molecule has 19 heavy (non-hydrogen) atoms. The number of benzene rings is 1. The third kappa shape index (κ3) is 3.56. The first-order valence-electron chi connectivity index (χ1n) is 6.30. The minimum Gasteiger partial charge on any atom is -0.423 e. The second-order valence-corrected chi connectivity index (χ2v) is 6.02. The molecule has 3 nitrogen and oxygen atoms in total. The molecule has 0 spiro atoms. The lowest BCUT2D eigenvalue weighted by Gasteiger charge is -2.38. The molecular formula is C14H22BFO3. The van der Waals surface area contributed by atoms with Crippen LogP contribution in [0, 0.1) is 19.7 Å². The summed E-state index contributed by atoms with van der Waals surface area (Å²) >= 11 is 0. The van der Waals surface area contributed by atoms with Crippen molar-refractivity contribution in [3.63, 3.8) is 0 Å². The van der Waals surface area contributed by atoms with Gasteiger partial charge in [0.25, 0.3) is 0 Å². The summed E-state index contributed by atoms with van der Waals surface area (Å²) in [5, 5.41) is 20.1. The van der Waals surface area contributed by atoms with Crippen molar-refractivity contribution in [1.29, 1.82) is 0 Å². The molecule has 0 unspecified atom stereocenters. The molecule has 0 radical (unpaired) electrons. The summed E-state index contributed by atoms with van der Waals surface area (Å²) in [6.45, 7) is 9.92. The highest BCUT2D eigenvalue weighted by Gasteiger charge is 2.40. The number of aryl methyl sites for hydroxylation is 2. The average molecular weight is 268 g/mol. The molecule has 0 saturated heterocycles. The molecule has 0 atom stereocenters. The first-order valence-corrected chi connectivity index (χ1v) is 6.30. The van der Waals surface area contributed by atoms with Gasteiger partial charge in [0.2, 0.25) is 0 Å². The van der Waals surface area contributed by atoms with Gasteiger partial charge in [0.1, 0.15) is 5.82 Å². The molecule has 0 saturated carbocycles. The maximum Gasteiger partial charge on any atom is 0.494 e. The van der Waals surface area contributed by atoms with Crippen LogP contribution in [-0.4, -0.2) is 28.5 Å². The van der Waals surface area contributed by atoms with E-state index in [4.69, 9.17) is 4.65 Å². The number of aliphatic hydroxyl groups is 1. The van der Waals surface area contributed by atoms with Crippen molar-refractivity contribution >= 4 is 12.6 Å². The number of halogens is 1. The summed E-state index contributed by atoms with van der Waals surface area (Å²) in [5.74, 6) is -0.482. The Morgan fingerprint density at radius 1 is 1.16 bits per heavy atom. The maximum atomic E-state index is 14.0. The van der Waals surface area contributed by atoms with Crippen molar-refractivity contribution in [2.75, 3.05) is 0 Å². The number of hydrogen-bond acceptors (Lipinski definition) is 3. The Bertz CT molecular complexity index is 466. The normalized spacial score (nSPS) is 12.7. The van der Waals surface area contributed by atoms with E-state index >= 15 is 0 Å². The van der Waals surface area contributed by atoms with Gasteiger partial charge in [0, 0.05) is 5.46 Å². The Balaban J connectivity index is 3.06. The molecule has 2 N–H and O–H groups in total. The van der Waals surface area contributed by atoms with Crippen molar-refractivity contribution in [3.8, 4) is 0 Å². The number of rotatable bonds is 4. The van der Waals surface area contributed by atoms with Gasteiger partial charge in [-0.15, -0.1) is 0 Å². The first-order chi connectivity index (χ1) is 8.45. The van der Waals surface area contributed by atoms with Gasteiger partial charge in [-0.05, 0) is 47.1 Å². The fourth-order valence-corrected chi connectivity index (χ4v) is 1.65. The van der Waals surface area contributed by atoms with Gasteiger partial charge in [-0.1, -0.05) is 17.7 Å². The molecule has 0 heterocycles. The molecule has 0 fully saturated rings. The number of hydrogen-bond donors (Lipinski definition) is 2. The van der Waals surface area contributed by atoms with Gasteiger partial charge in [-0.3, -0.25) is 0 Å². The van der Waals surface area contributed by atoms with Crippen LogP contribution in [-0.2, 0) is 4.65 Å². The van der Waals surface area contributed by atoms with E-state index in [9.17, 15) is 14.5 Å². The fourth-order valence-electron chi connectivity index (χ4n) is 1.65. The van der Waals surface area contributed by atoms with Gasteiger partial charge in [-0.2, -0.15) is 0 Å². The quantitative estimate of drug-likeness (QED) is 0.817. The van der Waals surface area contributed by atoms with Crippen molar-refractivity contribution < 1.29 is 19.2 Å². The largest absolute Gasteiger partial charge is 0.494 e. The lowest BCUT2D eigenvalue weighted by Crippen LogP contribution is -2.53. The van der Waals surface area contributed by atoms with E-state index in [1.807, 2.05) is 6.92 Å². The van der Waals surface area contributed by atoms with Crippen LogP contribution in [0.2, 0.25) is 0 Å². The molecule has 0 bridgehead atoms. The monoisotopic (exact) mass is 268 g/mol. The van der Waals surface area contributed by atoms with Gasteiger partial charge in [0.05, 0.1) is 11.2 Å². The van der Waals surface area contributed by atoms with Crippen LogP contribution < -0.4 is 5.46 Å². The van der Waals surface area contributed by atoms with E-state index in [0.29, 0.717) is 5.56 Å². The summed E-state index contributed by atoms with van der Waals surface area (Å²) < 4.78 is 19.4. The lowest BCUT2D eigenvalue weighted by atomic mass is 9.75. The zero-order chi connectivity index (χ0) is 15.0. The highest BCUT2D eigenvalue weighted by atomic mass is 19.1. The molecular weight excluding hydrogens is 246 g/mol. The topological polar surface area (TPSA) is 49.7 Å². The van der Waals surface area contributed by atoms with E-state index < -0.39 is 24.1 Å².